The van der Waals surface area contributed by atoms with Gasteiger partial charge in [0, 0.05) is 43.2 Å². The Morgan fingerprint density at radius 2 is 2.00 bits per heavy atom. The highest BCUT2D eigenvalue weighted by Gasteiger charge is 2.24. The van der Waals surface area contributed by atoms with Crippen molar-refractivity contribution in [1.29, 1.82) is 0 Å². The average molecular weight is 394 g/mol. The summed E-state index contributed by atoms with van der Waals surface area (Å²) in [5.74, 6) is 0. The largest absolute Gasteiger partial charge is 0.464 e. The number of anilines is 1. The molecule has 4 heterocycles. The van der Waals surface area contributed by atoms with E-state index in [1.165, 1.54) is 10.9 Å². The van der Waals surface area contributed by atoms with E-state index in [0.29, 0.717) is 13.2 Å². The molecular formula is C22H26N4O3. The number of hydrogen-bond acceptors (Lipinski definition) is 6. The van der Waals surface area contributed by atoms with Gasteiger partial charge in [0.2, 0.25) is 0 Å². The minimum absolute atomic E-state index is 0.0189. The number of likely N-dealkylation sites (tertiary alicyclic amines) is 1. The molecule has 0 N–H and O–H groups in total. The lowest BCUT2D eigenvalue weighted by Crippen LogP contribution is -2.41. The molecule has 2 aliphatic rings. The molecule has 1 atom stereocenters. The van der Waals surface area contributed by atoms with Gasteiger partial charge in [-0.05, 0) is 25.5 Å². The molecule has 0 radical (unpaired) electrons. The van der Waals surface area contributed by atoms with Crippen molar-refractivity contribution in [3.8, 4) is 0 Å². The van der Waals surface area contributed by atoms with Crippen LogP contribution in [0.5, 0.6) is 0 Å². The molecule has 0 bridgehead atoms. The van der Waals surface area contributed by atoms with Crippen molar-refractivity contribution in [3.63, 3.8) is 0 Å². The number of aromatic nitrogens is 2. The van der Waals surface area contributed by atoms with Gasteiger partial charge >= 0.3 is 0 Å². The summed E-state index contributed by atoms with van der Waals surface area (Å²) in [5, 5.41) is 5.70. The number of benzene rings is 1. The Kier molecular flexibility index (Phi) is 5.08. The van der Waals surface area contributed by atoms with E-state index in [4.69, 9.17) is 9.15 Å². The van der Waals surface area contributed by atoms with Gasteiger partial charge in [-0.3, -0.25) is 9.69 Å². The first-order valence-electron chi connectivity index (χ1n) is 10.4. The van der Waals surface area contributed by atoms with Crippen molar-refractivity contribution >= 4 is 16.7 Å². The van der Waals surface area contributed by atoms with Crippen molar-refractivity contribution in [1.82, 2.24) is 14.7 Å². The fourth-order valence-corrected chi connectivity index (χ4v) is 4.45. The topological polar surface area (TPSA) is 63.7 Å². The van der Waals surface area contributed by atoms with Crippen LogP contribution in [-0.2, 0) is 11.3 Å². The molecule has 2 aliphatic heterocycles. The normalized spacial score (nSPS) is 21.0. The van der Waals surface area contributed by atoms with Crippen LogP contribution in [0.3, 0.4) is 0 Å². The molecule has 2 saturated heterocycles. The Morgan fingerprint density at radius 3 is 2.86 bits per heavy atom. The lowest BCUT2D eigenvalue weighted by atomic mass is 10.0. The van der Waals surface area contributed by atoms with Gasteiger partial charge in [-0.25, -0.2) is 4.68 Å². The predicted molar refractivity (Wildman–Crippen MR) is 111 cm³/mol. The zero-order chi connectivity index (χ0) is 19.6. The monoisotopic (exact) mass is 394 g/mol. The highest BCUT2D eigenvalue weighted by atomic mass is 16.5. The Labute approximate surface area is 169 Å². The summed E-state index contributed by atoms with van der Waals surface area (Å²) in [7, 11) is 0. The van der Waals surface area contributed by atoms with Gasteiger partial charge in [-0.15, -0.1) is 0 Å². The Bertz CT molecular complexity index is 1040. The first-order chi connectivity index (χ1) is 14.3. The number of para-hydroxylation sites is 1. The third-order valence-electron chi connectivity index (χ3n) is 5.97. The first kappa shape index (κ1) is 18.4. The highest BCUT2D eigenvalue weighted by molar-refractivity contribution is 5.80. The smallest absolute Gasteiger partial charge is 0.269 e. The van der Waals surface area contributed by atoms with Gasteiger partial charge < -0.3 is 14.1 Å². The quantitative estimate of drug-likeness (QED) is 0.678. The maximum Gasteiger partial charge on any atom is 0.269 e. The lowest BCUT2D eigenvalue weighted by molar-refractivity contribution is 0.122. The molecule has 0 amide bonds. The number of hydrogen-bond donors (Lipinski definition) is 0. The molecule has 2 aromatic heterocycles. The molecule has 0 unspecified atom stereocenters. The molecule has 2 fully saturated rings. The van der Waals surface area contributed by atoms with E-state index < -0.39 is 0 Å². The van der Waals surface area contributed by atoms with Crippen LogP contribution in [0.25, 0.3) is 11.0 Å². The van der Waals surface area contributed by atoms with Crippen molar-refractivity contribution < 1.29 is 9.15 Å². The summed E-state index contributed by atoms with van der Waals surface area (Å²) in [6, 6.07) is 9.96. The van der Waals surface area contributed by atoms with E-state index in [-0.39, 0.29) is 11.6 Å². The van der Waals surface area contributed by atoms with Crippen LogP contribution in [0.2, 0.25) is 0 Å². The summed E-state index contributed by atoms with van der Waals surface area (Å²) in [6.07, 6.45) is 5.72. The molecule has 0 saturated carbocycles. The molecular weight excluding hydrogens is 368 g/mol. The van der Waals surface area contributed by atoms with E-state index in [9.17, 15) is 4.79 Å². The van der Waals surface area contributed by atoms with Crippen molar-refractivity contribution in [3.05, 3.63) is 58.7 Å². The molecule has 7 heteroatoms. The van der Waals surface area contributed by atoms with Crippen LogP contribution in [-0.4, -0.2) is 54.1 Å². The first-order valence-corrected chi connectivity index (χ1v) is 10.4. The number of morpholine rings is 1. The van der Waals surface area contributed by atoms with Crippen LogP contribution < -0.4 is 10.5 Å². The maximum atomic E-state index is 12.8. The van der Waals surface area contributed by atoms with Gasteiger partial charge in [0.1, 0.15) is 5.58 Å². The van der Waals surface area contributed by atoms with Gasteiger partial charge in [-0.1, -0.05) is 18.2 Å². The van der Waals surface area contributed by atoms with Gasteiger partial charge in [0.05, 0.1) is 37.4 Å². The average Bonchev–Trinajstić information content (AvgIpc) is 3.17. The Morgan fingerprint density at radius 1 is 1.14 bits per heavy atom. The standard InChI is InChI=1S/C22H26N4O3/c27-22-12-19(25-8-10-28-11-9-25)13-23-26(22)18-4-3-7-24(15-18)14-17-16-29-21-6-2-1-5-20(17)21/h1-2,5-6,12-13,16,18H,3-4,7-11,14-15H2/t18-/m0/s1. The summed E-state index contributed by atoms with van der Waals surface area (Å²) in [5.41, 5.74) is 3.00. The van der Waals surface area contributed by atoms with Crippen molar-refractivity contribution in [2.45, 2.75) is 25.4 Å². The van der Waals surface area contributed by atoms with Crippen LogP contribution in [0.4, 0.5) is 5.69 Å². The molecule has 0 spiro atoms. The van der Waals surface area contributed by atoms with E-state index in [1.807, 2.05) is 30.7 Å². The van der Waals surface area contributed by atoms with Gasteiger partial charge in [0.25, 0.3) is 5.56 Å². The summed E-state index contributed by atoms with van der Waals surface area (Å²) in [6.45, 7) is 5.68. The number of ether oxygens (including phenoxy) is 1. The number of rotatable bonds is 4. The molecule has 152 valence electrons. The summed E-state index contributed by atoms with van der Waals surface area (Å²) < 4.78 is 12.7. The van der Waals surface area contributed by atoms with Gasteiger partial charge in [-0.2, -0.15) is 5.10 Å². The van der Waals surface area contributed by atoms with Crippen LogP contribution in [0.15, 0.2) is 52.0 Å². The number of piperidine rings is 1. The summed E-state index contributed by atoms with van der Waals surface area (Å²) >= 11 is 0. The van der Waals surface area contributed by atoms with Crippen molar-refractivity contribution in [2.75, 3.05) is 44.3 Å². The summed E-state index contributed by atoms with van der Waals surface area (Å²) in [4.78, 5) is 17.4. The Hall–Kier alpha value is -2.64. The Balaban J connectivity index is 1.31. The highest BCUT2D eigenvalue weighted by Crippen LogP contribution is 2.26. The molecule has 7 nitrogen and oxygen atoms in total. The predicted octanol–water partition coefficient (Wildman–Crippen LogP) is 2.66. The number of fused-ring (bicyclic) bond motifs is 1. The van der Waals surface area contributed by atoms with Crippen LogP contribution in [0, 0.1) is 0 Å². The fourth-order valence-electron chi connectivity index (χ4n) is 4.45. The third-order valence-corrected chi connectivity index (χ3v) is 5.97. The maximum absolute atomic E-state index is 12.8. The SMILES string of the molecule is O=c1cc(N2CCOCC2)cnn1[C@H]1CCCN(Cc2coc3ccccc23)C1. The van der Waals surface area contributed by atoms with Crippen LogP contribution >= 0.6 is 0 Å². The van der Waals surface area contributed by atoms with Crippen LogP contribution in [0.1, 0.15) is 24.4 Å². The second-order valence-electron chi connectivity index (χ2n) is 7.88. The van der Waals surface area contributed by atoms with Gasteiger partial charge in [0.15, 0.2) is 0 Å². The molecule has 5 rings (SSSR count). The van der Waals surface area contributed by atoms with E-state index in [0.717, 1.165) is 56.8 Å². The van der Waals surface area contributed by atoms with E-state index in [1.54, 1.807) is 10.7 Å². The van der Waals surface area contributed by atoms with Crippen molar-refractivity contribution in [2.24, 2.45) is 0 Å². The minimum Gasteiger partial charge on any atom is -0.464 e. The molecule has 29 heavy (non-hydrogen) atoms. The van der Waals surface area contributed by atoms with E-state index >= 15 is 0 Å². The zero-order valence-corrected chi connectivity index (χ0v) is 16.5. The second-order valence-corrected chi connectivity index (χ2v) is 7.88. The zero-order valence-electron chi connectivity index (χ0n) is 16.5. The molecule has 3 aromatic rings. The molecule has 0 aliphatic carbocycles. The minimum atomic E-state index is -0.0189. The van der Waals surface area contributed by atoms with E-state index in [2.05, 4.69) is 21.0 Å². The number of nitrogens with zero attached hydrogens (tertiary/aromatic N) is 4. The molecule has 1 aromatic carbocycles. The number of furan rings is 1. The lowest BCUT2D eigenvalue weighted by Gasteiger charge is -2.33. The fraction of sp³-hybridized carbons (Fsp3) is 0.455. The third kappa shape index (κ3) is 3.80. The second kappa shape index (κ2) is 8.00.